The molecule has 1 N–H and O–H groups in total. The lowest BCUT2D eigenvalue weighted by atomic mass is 10.1. The largest absolute Gasteiger partial charge is 0.481 e. The second-order valence-electron chi connectivity index (χ2n) is 2.93. The third-order valence-electron chi connectivity index (χ3n) is 1.81. The van der Waals surface area contributed by atoms with Crippen molar-refractivity contribution in [2.75, 3.05) is 0 Å². The van der Waals surface area contributed by atoms with E-state index in [0.717, 1.165) is 31.4 Å². The van der Waals surface area contributed by atoms with Crippen LogP contribution in [-0.4, -0.2) is 16.1 Å². The molecule has 1 aromatic heterocycles. The van der Waals surface area contributed by atoms with Crippen molar-refractivity contribution in [1.29, 1.82) is 0 Å². The molecule has 0 fully saturated rings. The molecule has 0 saturated heterocycles. The molecule has 1 heterocycles. The Morgan fingerprint density at radius 2 is 2.31 bits per heavy atom. The van der Waals surface area contributed by atoms with Crippen LogP contribution in [0.1, 0.15) is 31.4 Å². The normalized spacial score (nSPS) is 10.2. The first-order chi connectivity index (χ1) is 6.29. The molecule has 1 aromatic rings. The third kappa shape index (κ3) is 4.62. The zero-order valence-corrected chi connectivity index (χ0v) is 8.22. The molecule has 13 heavy (non-hydrogen) atoms. The summed E-state index contributed by atoms with van der Waals surface area (Å²) in [7, 11) is 0. The Morgan fingerprint density at radius 3 is 2.92 bits per heavy atom. The van der Waals surface area contributed by atoms with Crippen molar-refractivity contribution in [3.63, 3.8) is 0 Å². The van der Waals surface area contributed by atoms with Gasteiger partial charge in [-0.3, -0.25) is 4.79 Å². The second-order valence-corrected chi connectivity index (χ2v) is 3.65. The number of carboxylic acids is 1. The van der Waals surface area contributed by atoms with Crippen LogP contribution in [0.15, 0.2) is 10.9 Å². The number of aliphatic carboxylic acids is 1. The Hall–Kier alpha value is -0.900. The highest BCUT2D eigenvalue weighted by atomic mass is 32.1. The number of unbranched alkanes of at least 4 members (excludes halogenated alkanes) is 2. The molecule has 0 unspecified atom stereocenters. The van der Waals surface area contributed by atoms with Crippen LogP contribution in [0.2, 0.25) is 0 Å². The molecule has 3 nitrogen and oxygen atoms in total. The molecule has 72 valence electrons. The van der Waals surface area contributed by atoms with Crippen molar-refractivity contribution in [2.45, 2.75) is 32.1 Å². The summed E-state index contributed by atoms with van der Waals surface area (Å²) < 4.78 is 0. The lowest BCUT2D eigenvalue weighted by Crippen LogP contribution is -1.94. The van der Waals surface area contributed by atoms with E-state index in [9.17, 15) is 4.79 Å². The fourth-order valence-electron chi connectivity index (χ4n) is 1.12. The van der Waals surface area contributed by atoms with Gasteiger partial charge < -0.3 is 5.11 Å². The molecule has 0 aromatic carbocycles. The number of hydrogen-bond donors (Lipinski definition) is 1. The minimum atomic E-state index is -0.700. The first-order valence-electron chi connectivity index (χ1n) is 4.38. The molecule has 0 aliphatic carbocycles. The molecule has 0 bridgehead atoms. The predicted octanol–water partition coefficient (Wildman–Crippen LogP) is 2.33. The van der Waals surface area contributed by atoms with E-state index < -0.39 is 5.97 Å². The summed E-state index contributed by atoms with van der Waals surface area (Å²) in [5, 5.41) is 10.4. The maximum atomic E-state index is 10.2. The first-order valence-corrected chi connectivity index (χ1v) is 5.32. The molecule has 0 atom stereocenters. The van der Waals surface area contributed by atoms with E-state index in [2.05, 4.69) is 4.98 Å². The van der Waals surface area contributed by atoms with Gasteiger partial charge in [-0.2, -0.15) is 0 Å². The molecule has 0 amide bonds. The van der Waals surface area contributed by atoms with Gasteiger partial charge in [-0.15, -0.1) is 11.3 Å². The van der Waals surface area contributed by atoms with E-state index in [4.69, 9.17) is 5.11 Å². The maximum absolute atomic E-state index is 10.2. The van der Waals surface area contributed by atoms with Crippen LogP contribution in [-0.2, 0) is 11.2 Å². The number of rotatable bonds is 6. The number of hydrogen-bond acceptors (Lipinski definition) is 3. The van der Waals surface area contributed by atoms with Gasteiger partial charge in [0.1, 0.15) is 0 Å². The summed E-state index contributed by atoms with van der Waals surface area (Å²) in [6.45, 7) is 0. The SMILES string of the molecule is O=C(O)CCCCCc1cscn1. The predicted molar refractivity (Wildman–Crippen MR) is 51.9 cm³/mol. The first kappa shape index (κ1) is 10.2. The molecule has 0 spiro atoms. The van der Waals surface area contributed by atoms with Crippen molar-refractivity contribution in [2.24, 2.45) is 0 Å². The van der Waals surface area contributed by atoms with Crippen LogP contribution in [0.4, 0.5) is 0 Å². The number of carbonyl (C=O) groups is 1. The Bertz CT molecular complexity index is 246. The number of carboxylic acid groups (broad SMARTS) is 1. The zero-order chi connectivity index (χ0) is 9.52. The summed E-state index contributed by atoms with van der Waals surface area (Å²) in [4.78, 5) is 14.3. The van der Waals surface area contributed by atoms with Gasteiger partial charge in [0.25, 0.3) is 0 Å². The number of aromatic nitrogens is 1. The van der Waals surface area contributed by atoms with E-state index in [1.54, 1.807) is 11.3 Å². The standard InChI is InChI=1S/C9H13NO2S/c11-9(12)5-3-1-2-4-8-6-13-7-10-8/h6-7H,1-5H2,(H,11,12). The minimum absolute atomic E-state index is 0.289. The van der Waals surface area contributed by atoms with Crippen LogP contribution in [0, 0.1) is 0 Å². The van der Waals surface area contributed by atoms with Crippen molar-refractivity contribution >= 4 is 17.3 Å². The fraction of sp³-hybridized carbons (Fsp3) is 0.556. The smallest absolute Gasteiger partial charge is 0.303 e. The van der Waals surface area contributed by atoms with Crippen LogP contribution in [0.3, 0.4) is 0 Å². The third-order valence-corrected chi connectivity index (χ3v) is 2.44. The summed E-state index contributed by atoms with van der Waals surface area (Å²) >= 11 is 1.60. The molecule has 0 aliphatic rings. The van der Waals surface area contributed by atoms with Gasteiger partial charge in [-0.25, -0.2) is 4.98 Å². The van der Waals surface area contributed by atoms with Gasteiger partial charge in [-0.1, -0.05) is 6.42 Å². The number of nitrogens with zero attached hydrogens (tertiary/aromatic N) is 1. The van der Waals surface area contributed by atoms with E-state index in [1.807, 2.05) is 10.9 Å². The highest BCUT2D eigenvalue weighted by molar-refractivity contribution is 7.07. The Kier molecular flexibility index (Phi) is 4.46. The van der Waals surface area contributed by atoms with Crippen molar-refractivity contribution in [3.05, 3.63) is 16.6 Å². The van der Waals surface area contributed by atoms with Crippen LogP contribution < -0.4 is 0 Å². The maximum Gasteiger partial charge on any atom is 0.303 e. The molecular weight excluding hydrogens is 186 g/mol. The summed E-state index contributed by atoms with van der Waals surface area (Å²) in [5.41, 5.74) is 2.95. The lowest BCUT2D eigenvalue weighted by molar-refractivity contribution is -0.137. The lowest BCUT2D eigenvalue weighted by Gasteiger charge is -1.96. The van der Waals surface area contributed by atoms with E-state index in [0.29, 0.717) is 0 Å². The van der Waals surface area contributed by atoms with Crippen LogP contribution in [0.5, 0.6) is 0 Å². The van der Waals surface area contributed by atoms with Gasteiger partial charge in [0.15, 0.2) is 0 Å². The topological polar surface area (TPSA) is 50.2 Å². The monoisotopic (exact) mass is 199 g/mol. The van der Waals surface area contributed by atoms with Gasteiger partial charge in [-0.05, 0) is 19.3 Å². The summed E-state index contributed by atoms with van der Waals surface area (Å²) in [6, 6.07) is 0. The Balaban J connectivity index is 1.99. The van der Waals surface area contributed by atoms with Crippen LogP contribution in [0.25, 0.3) is 0 Å². The van der Waals surface area contributed by atoms with Gasteiger partial charge >= 0.3 is 5.97 Å². The minimum Gasteiger partial charge on any atom is -0.481 e. The van der Waals surface area contributed by atoms with E-state index in [1.165, 1.54) is 0 Å². The molecular formula is C9H13NO2S. The zero-order valence-electron chi connectivity index (χ0n) is 7.40. The van der Waals surface area contributed by atoms with Gasteiger partial charge in [0, 0.05) is 11.8 Å². The molecule has 4 heteroatoms. The van der Waals surface area contributed by atoms with Crippen LogP contribution >= 0.6 is 11.3 Å². The fourth-order valence-corrected chi connectivity index (χ4v) is 1.71. The van der Waals surface area contributed by atoms with Crippen molar-refractivity contribution in [1.82, 2.24) is 4.98 Å². The average molecular weight is 199 g/mol. The summed E-state index contributed by atoms with van der Waals surface area (Å²) in [6.07, 6.45) is 4.06. The quantitative estimate of drug-likeness (QED) is 0.715. The highest BCUT2D eigenvalue weighted by Crippen LogP contribution is 2.07. The van der Waals surface area contributed by atoms with Gasteiger partial charge in [0.2, 0.25) is 0 Å². The van der Waals surface area contributed by atoms with Gasteiger partial charge in [0.05, 0.1) is 11.2 Å². The average Bonchev–Trinajstić information content (AvgIpc) is 2.55. The molecule has 1 rings (SSSR count). The number of thiazole rings is 1. The number of aryl methyl sites for hydroxylation is 1. The Labute approximate surface area is 81.4 Å². The summed E-state index contributed by atoms with van der Waals surface area (Å²) in [5.74, 6) is -0.700. The van der Waals surface area contributed by atoms with Crippen molar-refractivity contribution < 1.29 is 9.90 Å². The molecule has 0 radical (unpaired) electrons. The Morgan fingerprint density at radius 1 is 1.46 bits per heavy atom. The molecule has 0 aliphatic heterocycles. The van der Waals surface area contributed by atoms with E-state index in [-0.39, 0.29) is 6.42 Å². The van der Waals surface area contributed by atoms with E-state index >= 15 is 0 Å². The van der Waals surface area contributed by atoms with Crippen molar-refractivity contribution in [3.8, 4) is 0 Å². The second kappa shape index (κ2) is 5.70. The highest BCUT2D eigenvalue weighted by Gasteiger charge is 1.98. The molecule has 0 saturated carbocycles.